The van der Waals surface area contributed by atoms with Gasteiger partial charge in [-0.25, -0.2) is 4.68 Å². The molecule has 4 rings (SSSR count). The maximum atomic E-state index is 12.8. The van der Waals surface area contributed by atoms with Crippen LogP contribution in [0.5, 0.6) is 0 Å². The summed E-state index contributed by atoms with van der Waals surface area (Å²) in [4.78, 5) is 39.4. The largest absolute Gasteiger partial charge is 0.372 e. The molecule has 1 aliphatic rings. The minimum absolute atomic E-state index is 0.0155. The zero-order valence-electron chi connectivity index (χ0n) is 18.2. The number of ether oxygens (including phenoxy) is 1. The number of hydrogen-bond donors (Lipinski definition) is 1. The van der Waals surface area contributed by atoms with Crippen molar-refractivity contribution >= 4 is 22.6 Å². The third-order valence-electron chi connectivity index (χ3n) is 5.45. The molecule has 1 aliphatic heterocycles. The molecule has 2 heterocycles. The van der Waals surface area contributed by atoms with Gasteiger partial charge in [0.1, 0.15) is 6.54 Å². The lowest BCUT2D eigenvalue weighted by atomic mass is 10.1. The average molecular weight is 434 g/mol. The summed E-state index contributed by atoms with van der Waals surface area (Å²) in [5.74, 6) is -0.337. The number of nitrogens with one attached hydrogen (secondary N) is 1. The summed E-state index contributed by atoms with van der Waals surface area (Å²) in [5, 5.41) is 8.14. The lowest BCUT2D eigenvalue weighted by Gasteiger charge is -2.35. The minimum Gasteiger partial charge on any atom is -0.372 e. The van der Waals surface area contributed by atoms with Crippen molar-refractivity contribution in [2.45, 2.75) is 39.1 Å². The number of carbonyl (C=O) groups is 2. The van der Waals surface area contributed by atoms with E-state index in [1.165, 1.54) is 0 Å². The maximum Gasteiger partial charge on any atom is 0.275 e. The first kappa shape index (κ1) is 21.7. The molecule has 2 atom stereocenters. The fourth-order valence-electron chi connectivity index (χ4n) is 3.92. The van der Waals surface area contributed by atoms with Gasteiger partial charge in [-0.2, -0.15) is 5.10 Å². The van der Waals surface area contributed by atoms with Gasteiger partial charge in [0, 0.05) is 30.6 Å². The quantitative estimate of drug-likeness (QED) is 0.663. The van der Waals surface area contributed by atoms with Crippen LogP contribution in [-0.4, -0.2) is 51.8 Å². The van der Waals surface area contributed by atoms with Gasteiger partial charge in [-0.05, 0) is 37.6 Å². The number of hydrogen-bond acceptors (Lipinski definition) is 5. The van der Waals surface area contributed by atoms with Crippen LogP contribution in [-0.2, 0) is 22.6 Å². The van der Waals surface area contributed by atoms with Gasteiger partial charge >= 0.3 is 0 Å². The van der Waals surface area contributed by atoms with E-state index in [0.717, 1.165) is 15.6 Å². The molecule has 2 unspecified atom stereocenters. The van der Waals surface area contributed by atoms with Crippen LogP contribution < -0.4 is 10.9 Å². The standard InChI is InChI=1S/C24H26N4O4/c1-16-13-27(14-17(2)32-16)23(30)19-9-7-18(8-10-19)11-25-22(29)15-28-24(31)21-6-4-3-5-20(21)12-26-28/h3-10,12,16-17H,11,13-15H2,1-2H3,(H,25,29). The van der Waals surface area contributed by atoms with Gasteiger partial charge in [0.2, 0.25) is 5.91 Å². The molecule has 0 bridgehead atoms. The molecule has 32 heavy (non-hydrogen) atoms. The summed E-state index contributed by atoms with van der Waals surface area (Å²) in [6, 6.07) is 14.3. The van der Waals surface area contributed by atoms with Crippen molar-refractivity contribution < 1.29 is 14.3 Å². The summed E-state index contributed by atoms with van der Waals surface area (Å²) in [7, 11) is 0. The molecule has 166 valence electrons. The van der Waals surface area contributed by atoms with Gasteiger partial charge in [-0.15, -0.1) is 0 Å². The van der Waals surface area contributed by atoms with Crippen molar-refractivity contribution in [3.63, 3.8) is 0 Å². The molecule has 0 saturated carbocycles. The number of rotatable bonds is 5. The number of morpholine rings is 1. The highest BCUT2D eigenvalue weighted by Gasteiger charge is 2.26. The monoisotopic (exact) mass is 434 g/mol. The van der Waals surface area contributed by atoms with E-state index in [9.17, 15) is 14.4 Å². The van der Waals surface area contributed by atoms with Crippen molar-refractivity contribution in [3.8, 4) is 0 Å². The highest BCUT2D eigenvalue weighted by molar-refractivity contribution is 5.94. The van der Waals surface area contributed by atoms with Crippen LogP contribution in [0.4, 0.5) is 0 Å². The van der Waals surface area contributed by atoms with Gasteiger partial charge in [0.15, 0.2) is 0 Å². The van der Waals surface area contributed by atoms with Crippen LogP contribution in [0.1, 0.15) is 29.8 Å². The number of benzene rings is 2. The van der Waals surface area contributed by atoms with E-state index in [4.69, 9.17) is 4.74 Å². The Hall–Kier alpha value is -3.52. The second kappa shape index (κ2) is 9.32. The Kier molecular flexibility index (Phi) is 6.32. The lowest BCUT2D eigenvalue weighted by molar-refractivity contribution is -0.122. The van der Waals surface area contributed by atoms with Crippen molar-refractivity contribution in [1.29, 1.82) is 0 Å². The summed E-state index contributed by atoms with van der Waals surface area (Å²) >= 11 is 0. The van der Waals surface area contributed by atoms with E-state index in [-0.39, 0.29) is 36.1 Å². The molecule has 8 nitrogen and oxygen atoms in total. The van der Waals surface area contributed by atoms with E-state index in [1.54, 1.807) is 30.5 Å². The van der Waals surface area contributed by atoms with Crippen molar-refractivity contribution in [2.75, 3.05) is 13.1 Å². The Morgan fingerprint density at radius 2 is 1.75 bits per heavy atom. The van der Waals surface area contributed by atoms with E-state index in [1.807, 2.05) is 43.0 Å². The van der Waals surface area contributed by atoms with Crippen LogP contribution in [0.2, 0.25) is 0 Å². The van der Waals surface area contributed by atoms with Gasteiger partial charge in [0.25, 0.3) is 11.5 Å². The molecule has 0 spiro atoms. The summed E-state index contributed by atoms with van der Waals surface area (Å²) in [6.45, 7) is 5.20. The Morgan fingerprint density at radius 1 is 1.06 bits per heavy atom. The fourth-order valence-corrected chi connectivity index (χ4v) is 3.92. The predicted molar refractivity (Wildman–Crippen MR) is 120 cm³/mol. The number of carbonyl (C=O) groups excluding carboxylic acids is 2. The molecule has 1 aromatic heterocycles. The lowest BCUT2D eigenvalue weighted by Crippen LogP contribution is -2.48. The molecule has 8 heteroatoms. The highest BCUT2D eigenvalue weighted by Crippen LogP contribution is 2.15. The topological polar surface area (TPSA) is 93.5 Å². The van der Waals surface area contributed by atoms with Gasteiger partial charge < -0.3 is 15.0 Å². The van der Waals surface area contributed by atoms with Crippen LogP contribution in [0, 0.1) is 0 Å². The zero-order chi connectivity index (χ0) is 22.7. The molecule has 1 fully saturated rings. The van der Waals surface area contributed by atoms with Crippen LogP contribution in [0.3, 0.4) is 0 Å². The Labute approximate surface area is 185 Å². The normalized spacial score (nSPS) is 18.5. The minimum atomic E-state index is -0.314. The number of nitrogens with zero attached hydrogens (tertiary/aromatic N) is 3. The summed E-state index contributed by atoms with van der Waals surface area (Å²) < 4.78 is 6.84. The SMILES string of the molecule is CC1CN(C(=O)c2ccc(CNC(=O)Cn3ncc4ccccc4c3=O)cc2)CC(C)O1. The second-order valence-electron chi connectivity index (χ2n) is 8.14. The fraction of sp³-hybridized carbons (Fsp3) is 0.333. The molecule has 0 aliphatic carbocycles. The predicted octanol–water partition coefficient (Wildman–Crippen LogP) is 1.96. The summed E-state index contributed by atoms with van der Waals surface area (Å²) in [5.41, 5.74) is 1.17. The maximum absolute atomic E-state index is 12.8. The average Bonchev–Trinajstić information content (AvgIpc) is 2.79. The molecule has 1 saturated heterocycles. The first-order chi connectivity index (χ1) is 15.4. The molecule has 3 aromatic rings. The van der Waals surface area contributed by atoms with E-state index in [2.05, 4.69) is 10.4 Å². The van der Waals surface area contributed by atoms with Gasteiger partial charge in [-0.3, -0.25) is 14.4 Å². The Balaban J connectivity index is 1.34. The third-order valence-corrected chi connectivity index (χ3v) is 5.45. The molecule has 1 N–H and O–H groups in total. The van der Waals surface area contributed by atoms with Crippen molar-refractivity contribution in [3.05, 3.63) is 76.2 Å². The molecule has 2 aromatic carbocycles. The first-order valence-corrected chi connectivity index (χ1v) is 10.7. The number of aromatic nitrogens is 2. The Morgan fingerprint density at radius 3 is 2.47 bits per heavy atom. The molecule has 0 radical (unpaired) electrons. The van der Waals surface area contributed by atoms with E-state index < -0.39 is 0 Å². The highest BCUT2D eigenvalue weighted by atomic mass is 16.5. The number of amides is 2. The van der Waals surface area contributed by atoms with Gasteiger partial charge in [-0.1, -0.05) is 30.3 Å². The smallest absolute Gasteiger partial charge is 0.275 e. The van der Waals surface area contributed by atoms with Crippen LogP contribution >= 0.6 is 0 Å². The number of fused-ring (bicyclic) bond motifs is 1. The molecular weight excluding hydrogens is 408 g/mol. The van der Waals surface area contributed by atoms with Crippen LogP contribution in [0.15, 0.2) is 59.5 Å². The summed E-state index contributed by atoms with van der Waals surface area (Å²) in [6.07, 6.45) is 1.61. The van der Waals surface area contributed by atoms with E-state index in [0.29, 0.717) is 30.6 Å². The first-order valence-electron chi connectivity index (χ1n) is 10.7. The van der Waals surface area contributed by atoms with Crippen molar-refractivity contribution in [1.82, 2.24) is 20.0 Å². The van der Waals surface area contributed by atoms with Crippen molar-refractivity contribution in [2.24, 2.45) is 0 Å². The Bertz CT molecular complexity index is 1180. The zero-order valence-corrected chi connectivity index (χ0v) is 18.2. The molecule has 2 amide bonds. The second-order valence-corrected chi connectivity index (χ2v) is 8.14. The third kappa shape index (κ3) is 4.86. The van der Waals surface area contributed by atoms with Gasteiger partial charge in [0.05, 0.1) is 23.8 Å². The van der Waals surface area contributed by atoms with Crippen LogP contribution in [0.25, 0.3) is 10.8 Å². The molecular formula is C24H26N4O4. The van der Waals surface area contributed by atoms with E-state index >= 15 is 0 Å².